The Balaban J connectivity index is 1.80. The lowest BCUT2D eigenvalue weighted by Crippen LogP contribution is -2.22. The van der Waals surface area contributed by atoms with E-state index in [-0.39, 0.29) is 0 Å². The quantitative estimate of drug-likeness (QED) is 0.872. The number of nitrogens with one attached hydrogen (secondary N) is 1. The van der Waals surface area contributed by atoms with Gasteiger partial charge in [-0.2, -0.15) is 0 Å². The fraction of sp³-hybridized carbons (Fsp3) is 0.500. The molecular weight excluding hydrogens is 248 g/mol. The van der Waals surface area contributed by atoms with Gasteiger partial charge in [-0.3, -0.25) is 0 Å². The number of nitrogens with zero attached hydrogens (tertiary/aromatic N) is 2. The van der Waals surface area contributed by atoms with Crippen molar-refractivity contribution >= 4 is 22.7 Å². The van der Waals surface area contributed by atoms with E-state index in [9.17, 15) is 0 Å². The Labute approximate surface area is 119 Å². The molecule has 0 radical (unpaired) electrons. The maximum atomic E-state index is 6.04. The fourth-order valence-electron chi connectivity index (χ4n) is 2.91. The van der Waals surface area contributed by atoms with Gasteiger partial charge in [0.15, 0.2) is 11.6 Å². The van der Waals surface area contributed by atoms with Gasteiger partial charge in [-0.05, 0) is 25.0 Å². The Morgan fingerprint density at radius 1 is 0.900 bits per heavy atom. The third-order valence-corrected chi connectivity index (χ3v) is 4.04. The standard InChI is InChI=1S/C16H22N4/c17-15-16(18-12-8-4-2-1-3-5-9-12)20-14-11-7-6-10-13(14)19-15/h6-7,10-12H,1-5,8-9H2,(H2,17,19)(H,18,20). The molecule has 3 rings (SSSR count). The average molecular weight is 270 g/mol. The maximum Gasteiger partial charge on any atom is 0.169 e. The topological polar surface area (TPSA) is 63.8 Å². The predicted molar refractivity (Wildman–Crippen MR) is 83.7 cm³/mol. The van der Waals surface area contributed by atoms with Gasteiger partial charge in [0.05, 0.1) is 11.0 Å². The van der Waals surface area contributed by atoms with Gasteiger partial charge in [0.2, 0.25) is 0 Å². The first-order valence-electron chi connectivity index (χ1n) is 7.62. The molecule has 2 aromatic rings. The summed E-state index contributed by atoms with van der Waals surface area (Å²) in [5, 5.41) is 3.51. The first-order valence-corrected chi connectivity index (χ1v) is 7.62. The first kappa shape index (κ1) is 13.2. The van der Waals surface area contributed by atoms with Gasteiger partial charge < -0.3 is 11.1 Å². The van der Waals surface area contributed by atoms with Crippen LogP contribution < -0.4 is 11.1 Å². The van der Waals surface area contributed by atoms with E-state index in [0.717, 1.165) is 16.9 Å². The molecule has 0 aliphatic heterocycles. The van der Waals surface area contributed by atoms with Crippen LogP contribution in [-0.2, 0) is 0 Å². The minimum atomic E-state index is 0.480. The SMILES string of the molecule is Nc1nc2ccccc2nc1NC1CCCCCCC1. The number of rotatable bonds is 2. The van der Waals surface area contributed by atoms with Gasteiger partial charge in [-0.15, -0.1) is 0 Å². The van der Waals surface area contributed by atoms with Crippen molar-refractivity contribution in [1.82, 2.24) is 9.97 Å². The summed E-state index contributed by atoms with van der Waals surface area (Å²) in [6, 6.07) is 8.34. The number of hydrogen-bond donors (Lipinski definition) is 2. The van der Waals surface area contributed by atoms with Gasteiger partial charge in [-0.1, -0.05) is 44.2 Å². The molecule has 1 aliphatic carbocycles. The Kier molecular flexibility index (Phi) is 4.00. The lowest BCUT2D eigenvalue weighted by Gasteiger charge is -2.22. The molecule has 1 aliphatic rings. The predicted octanol–water partition coefficient (Wildman–Crippen LogP) is 3.74. The molecule has 0 unspecified atom stereocenters. The highest BCUT2D eigenvalue weighted by Gasteiger charge is 2.14. The molecule has 1 aromatic carbocycles. The lowest BCUT2D eigenvalue weighted by atomic mass is 9.97. The molecule has 0 bridgehead atoms. The second kappa shape index (κ2) is 6.07. The number of nitrogens with two attached hydrogens (primary N) is 1. The van der Waals surface area contributed by atoms with Crippen LogP contribution in [0.1, 0.15) is 44.9 Å². The smallest absolute Gasteiger partial charge is 0.169 e. The summed E-state index contributed by atoms with van der Waals surface area (Å²) >= 11 is 0. The van der Waals surface area contributed by atoms with Crippen LogP contribution in [0.2, 0.25) is 0 Å². The third kappa shape index (κ3) is 3.00. The zero-order chi connectivity index (χ0) is 13.8. The summed E-state index contributed by atoms with van der Waals surface area (Å²) in [5.74, 6) is 1.25. The number of fused-ring (bicyclic) bond motifs is 1. The van der Waals surface area contributed by atoms with Crippen LogP contribution in [0.25, 0.3) is 11.0 Å². The van der Waals surface area contributed by atoms with Crippen molar-refractivity contribution in [1.29, 1.82) is 0 Å². The minimum Gasteiger partial charge on any atom is -0.381 e. The zero-order valence-electron chi connectivity index (χ0n) is 11.8. The Morgan fingerprint density at radius 3 is 2.20 bits per heavy atom. The molecule has 1 saturated carbocycles. The molecule has 1 fully saturated rings. The van der Waals surface area contributed by atoms with Crippen LogP contribution in [0.3, 0.4) is 0 Å². The molecule has 106 valence electrons. The second-order valence-electron chi connectivity index (χ2n) is 5.63. The lowest BCUT2D eigenvalue weighted by molar-refractivity contribution is 0.471. The first-order chi connectivity index (χ1) is 9.83. The molecule has 20 heavy (non-hydrogen) atoms. The number of benzene rings is 1. The van der Waals surface area contributed by atoms with Gasteiger partial charge in [0, 0.05) is 6.04 Å². The van der Waals surface area contributed by atoms with Crippen molar-refractivity contribution in [2.45, 2.75) is 51.0 Å². The van der Waals surface area contributed by atoms with Gasteiger partial charge in [0.25, 0.3) is 0 Å². The fourth-order valence-corrected chi connectivity index (χ4v) is 2.91. The number of para-hydroxylation sites is 2. The van der Waals surface area contributed by atoms with Gasteiger partial charge in [0.1, 0.15) is 0 Å². The van der Waals surface area contributed by atoms with Crippen molar-refractivity contribution in [2.24, 2.45) is 0 Å². The summed E-state index contributed by atoms with van der Waals surface area (Å²) < 4.78 is 0. The molecule has 1 heterocycles. The number of anilines is 2. The van der Waals surface area contributed by atoms with E-state index >= 15 is 0 Å². The summed E-state index contributed by atoms with van der Waals surface area (Å²) in [4.78, 5) is 9.06. The Bertz CT molecular complexity index is 574. The highest BCUT2D eigenvalue weighted by atomic mass is 15.1. The Hall–Kier alpha value is -1.84. The van der Waals surface area contributed by atoms with Crippen LogP contribution in [0.4, 0.5) is 11.6 Å². The Morgan fingerprint density at radius 2 is 1.50 bits per heavy atom. The largest absolute Gasteiger partial charge is 0.381 e. The van der Waals surface area contributed by atoms with E-state index in [1.54, 1.807) is 0 Å². The minimum absolute atomic E-state index is 0.480. The van der Waals surface area contributed by atoms with Crippen molar-refractivity contribution in [3.05, 3.63) is 24.3 Å². The van der Waals surface area contributed by atoms with Crippen LogP contribution in [0.5, 0.6) is 0 Å². The summed E-state index contributed by atoms with van der Waals surface area (Å²) in [6.07, 6.45) is 9.05. The molecule has 3 N–H and O–H groups in total. The van der Waals surface area contributed by atoms with Crippen LogP contribution in [-0.4, -0.2) is 16.0 Å². The molecule has 4 heteroatoms. The maximum absolute atomic E-state index is 6.04. The number of aromatic nitrogens is 2. The molecule has 1 aromatic heterocycles. The van der Waals surface area contributed by atoms with E-state index in [0.29, 0.717) is 11.9 Å². The van der Waals surface area contributed by atoms with E-state index in [1.807, 2.05) is 24.3 Å². The molecule has 0 spiro atoms. The molecule has 0 atom stereocenters. The van der Waals surface area contributed by atoms with E-state index < -0.39 is 0 Å². The zero-order valence-corrected chi connectivity index (χ0v) is 11.8. The molecule has 0 amide bonds. The van der Waals surface area contributed by atoms with Crippen molar-refractivity contribution in [3.8, 4) is 0 Å². The highest BCUT2D eigenvalue weighted by Crippen LogP contribution is 2.23. The third-order valence-electron chi connectivity index (χ3n) is 4.04. The number of nitrogen functional groups attached to an aromatic ring is 1. The van der Waals surface area contributed by atoms with Gasteiger partial charge in [-0.25, -0.2) is 9.97 Å². The normalized spacial score (nSPS) is 17.6. The van der Waals surface area contributed by atoms with E-state index in [4.69, 9.17) is 5.73 Å². The number of hydrogen-bond acceptors (Lipinski definition) is 4. The van der Waals surface area contributed by atoms with Crippen molar-refractivity contribution < 1.29 is 0 Å². The van der Waals surface area contributed by atoms with Crippen LogP contribution in [0.15, 0.2) is 24.3 Å². The summed E-state index contributed by atoms with van der Waals surface area (Å²) in [7, 11) is 0. The molecular formula is C16H22N4. The van der Waals surface area contributed by atoms with Crippen molar-refractivity contribution in [3.63, 3.8) is 0 Å². The average Bonchev–Trinajstić information content (AvgIpc) is 2.42. The summed E-state index contributed by atoms with van der Waals surface area (Å²) in [6.45, 7) is 0. The van der Waals surface area contributed by atoms with E-state index in [1.165, 1.54) is 44.9 Å². The highest BCUT2D eigenvalue weighted by molar-refractivity contribution is 5.79. The van der Waals surface area contributed by atoms with Gasteiger partial charge >= 0.3 is 0 Å². The van der Waals surface area contributed by atoms with Crippen LogP contribution in [0, 0.1) is 0 Å². The second-order valence-corrected chi connectivity index (χ2v) is 5.63. The van der Waals surface area contributed by atoms with E-state index in [2.05, 4.69) is 15.3 Å². The van der Waals surface area contributed by atoms with Crippen molar-refractivity contribution in [2.75, 3.05) is 11.1 Å². The summed E-state index contributed by atoms with van der Waals surface area (Å²) in [5.41, 5.74) is 7.79. The monoisotopic (exact) mass is 270 g/mol. The van der Waals surface area contributed by atoms with Crippen LogP contribution >= 0.6 is 0 Å². The molecule has 4 nitrogen and oxygen atoms in total. The molecule has 0 saturated heterocycles.